The Morgan fingerprint density at radius 3 is 2.71 bits per heavy atom. The maximum atomic E-state index is 11.8. The molecule has 2 rings (SSSR count). The molecule has 0 saturated carbocycles. The second kappa shape index (κ2) is 6.63. The monoisotopic (exact) mass is 301 g/mol. The van der Waals surface area contributed by atoms with Crippen molar-refractivity contribution in [2.24, 2.45) is 0 Å². The van der Waals surface area contributed by atoms with Crippen molar-refractivity contribution in [1.29, 1.82) is 0 Å². The molecule has 6 nitrogen and oxygen atoms in total. The molecule has 0 atom stereocenters. The van der Waals surface area contributed by atoms with Crippen LogP contribution in [0.15, 0.2) is 29.6 Å². The molecule has 0 bridgehead atoms. The predicted octanol–water partition coefficient (Wildman–Crippen LogP) is 2.01. The van der Waals surface area contributed by atoms with Crippen LogP contribution in [0.2, 0.25) is 0 Å². The number of carbonyl (C=O) groups excluding carboxylic acids is 1. The van der Waals surface area contributed by atoms with E-state index in [0.717, 1.165) is 5.56 Å². The van der Waals surface area contributed by atoms with Gasteiger partial charge in [0, 0.05) is 24.1 Å². The van der Waals surface area contributed by atoms with Gasteiger partial charge in [-0.2, -0.15) is 0 Å². The van der Waals surface area contributed by atoms with E-state index in [1.54, 1.807) is 17.5 Å². The zero-order chi connectivity index (χ0) is 15.2. The number of carbonyl (C=O) groups is 1. The summed E-state index contributed by atoms with van der Waals surface area (Å²) < 4.78 is 0. The maximum absolute atomic E-state index is 11.8. The number of hydrogen-bond acceptors (Lipinski definition) is 5. The van der Waals surface area contributed by atoms with E-state index in [1.165, 1.54) is 23.5 Å². The van der Waals surface area contributed by atoms with Crippen LogP contribution in [0, 0.1) is 22.5 Å². The highest BCUT2D eigenvalue weighted by atomic mass is 32.1. The molecule has 21 heavy (non-hydrogen) atoms. The van der Waals surface area contributed by atoms with E-state index in [2.05, 4.69) is 16.2 Å². The van der Waals surface area contributed by atoms with Crippen molar-refractivity contribution in [3.05, 3.63) is 56.0 Å². The normalized spacial score (nSPS) is 9.86. The van der Waals surface area contributed by atoms with Crippen molar-refractivity contribution < 1.29 is 9.72 Å². The van der Waals surface area contributed by atoms with Crippen molar-refractivity contribution >= 4 is 22.9 Å². The number of aromatic nitrogens is 1. The van der Waals surface area contributed by atoms with Gasteiger partial charge in [-0.1, -0.05) is 12.1 Å². The Labute approximate surface area is 125 Å². The highest BCUT2D eigenvalue weighted by Crippen LogP contribution is 2.12. The molecule has 1 aromatic carbocycles. The Hall–Kier alpha value is -2.72. The van der Waals surface area contributed by atoms with Gasteiger partial charge in [0.05, 0.1) is 4.92 Å². The highest BCUT2D eigenvalue weighted by molar-refractivity contribution is 7.10. The Morgan fingerprint density at radius 2 is 2.14 bits per heavy atom. The fraction of sp³-hybridized carbons (Fsp3) is 0.143. The number of non-ortho nitro benzene ring substituents is 1. The van der Waals surface area contributed by atoms with E-state index in [0.29, 0.717) is 23.7 Å². The first-order chi connectivity index (χ1) is 10.1. The molecular weight excluding hydrogens is 290 g/mol. The minimum atomic E-state index is -0.448. The topological polar surface area (TPSA) is 85.1 Å². The van der Waals surface area contributed by atoms with Crippen molar-refractivity contribution in [3.63, 3.8) is 0 Å². The van der Waals surface area contributed by atoms with Gasteiger partial charge in [-0.3, -0.25) is 14.9 Å². The van der Waals surface area contributed by atoms with Crippen LogP contribution >= 0.6 is 11.3 Å². The SMILES string of the molecule is C#Cc1nc(C(=O)NCCc2ccc([N+](=O)[O-])cc2)cs1. The quantitative estimate of drug-likeness (QED) is 0.520. The van der Waals surface area contributed by atoms with Crippen molar-refractivity contribution in [3.8, 4) is 12.3 Å². The first kappa shape index (κ1) is 14.7. The first-order valence-corrected chi connectivity index (χ1v) is 6.92. The van der Waals surface area contributed by atoms with Crippen LogP contribution in [0.25, 0.3) is 0 Å². The van der Waals surface area contributed by atoms with E-state index in [4.69, 9.17) is 6.42 Å². The summed E-state index contributed by atoms with van der Waals surface area (Å²) in [6, 6.07) is 6.22. The Morgan fingerprint density at radius 1 is 1.43 bits per heavy atom. The number of thiazole rings is 1. The fourth-order valence-corrected chi connectivity index (χ4v) is 2.24. The molecule has 106 valence electrons. The largest absolute Gasteiger partial charge is 0.350 e. The van der Waals surface area contributed by atoms with E-state index < -0.39 is 4.92 Å². The number of hydrogen-bond donors (Lipinski definition) is 1. The third kappa shape index (κ3) is 3.87. The number of nitrogens with zero attached hydrogens (tertiary/aromatic N) is 2. The van der Waals surface area contributed by atoms with Crippen molar-refractivity contribution in [1.82, 2.24) is 10.3 Å². The van der Waals surface area contributed by atoms with Crippen LogP contribution in [0.1, 0.15) is 21.1 Å². The van der Waals surface area contributed by atoms with E-state index in [9.17, 15) is 14.9 Å². The molecule has 1 aromatic heterocycles. The average molecular weight is 301 g/mol. The number of benzene rings is 1. The summed E-state index contributed by atoms with van der Waals surface area (Å²) in [6.07, 6.45) is 5.77. The van der Waals surface area contributed by atoms with E-state index >= 15 is 0 Å². The van der Waals surface area contributed by atoms with Crippen LogP contribution in [-0.4, -0.2) is 22.4 Å². The lowest BCUT2D eigenvalue weighted by atomic mass is 10.1. The summed E-state index contributed by atoms with van der Waals surface area (Å²) in [5, 5.41) is 15.3. The fourth-order valence-electron chi connectivity index (χ4n) is 1.64. The van der Waals surface area contributed by atoms with Gasteiger partial charge in [0.1, 0.15) is 5.69 Å². The van der Waals surface area contributed by atoms with Gasteiger partial charge >= 0.3 is 0 Å². The number of rotatable bonds is 5. The lowest BCUT2D eigenvalue weighted by Gasteiger charge is -2.03. The molecular formula is C14H11N3O3S. The van der Waals surface area contributed by atoms with Gasteiger partial charge in [-0.25, -0.2) is 4.98 Å². The van der Waals surface area contributed by atoms with Crippen molar-refractivity contribution in [2.75, 3.05) is 6.54 Å². The van der Waals surface area contributed by atoms with Crippen LogP contribution < -0.4 is 5.32 Å². The third-order valence-corrected chi connectivity index (χ3v) is 3.48. The number of terminal acetylenes is 1. The smallest absolute Gasteiger partial charge is 0.270 e. The zero-order valence-electron chi connectivity index (χ0n) is 10.9. The molecule has 0 spiro atoms. The minimum absolute atomic E-state index is 0.0482. The molecule has 1 heterocycles. The molecule has 0 aliphatic heterocycles. The van der Waals surface area contributed by atoms with Crippen LogP contribution in [0.3, 0.4) is 0 Å². The molecule has 0 aliphatic carbocycles. The molecule has 0 saturated heterocycles. The maximum Gasteiger partial charge on any atom is 0.270 e. The van der Waals surface area contributed by atoms with Gasteiger partial charge < -0.3 is 5.32 Å². The standard InChI is InChI=1S/C14H11N3O3S/c1-2-13-16-12(9-21-13)14(18)15-8-7-10-3-5-11(6-4-10)17(19)20/h1,3-6,9H,7-8H2,(H,15,18). The summed E-state index contributed by atoms with van der Waals surface area (Å²) in [6.45, 7) is 0.416. The third-order valence-electron chi connectivity index (χ3n) is 2.71. The minimum Gasteiger partial charge on any atom is -0.350 e. The predicted molar refractivity (Wildman–Crippen MR) is 79.2 cm³/mol. The second-order valence-corrected chi connectivity index (χ2v) is 4.97. The summed E-state index contributed by atoms with van der Waals surface area (Å²) in [5.74, 6) is 2.09. The Balaban J connectivity index is 1.85. The summed E-state index contributed by atoms with van der Waals surface area (Å²) in [5.41, 5.74) is 1.26. The molecule has 0 aliphatic rings. The van der Waals surface area contributed by atoms with Crippen LogP contribution in [0.5, 0.6) is 0 Å². The summed E-state index contributed by atoms with van der Waals surface area (Å²) >= 11 is 1.24. The molecule has 2 aromatic rings. The lowest BCUT2D eigenvalue weighted by Crippen LogP contribution is -2.25. The number of nitro benzene ring substituents is 1. The first-order valence-electron chi connectivity index (χ1n) is 6.04. The van der Waals surface area contributed by atoms with Gasteiger partial charge in [0.2, 0.25) is 0 Å². The summed E-state index contributed by atoms with van der Waals surface area (Å²) in [4.78, 5) is 25.8. The highest BCUT2D eigenvalue weighted by Gasteiger charge is 2.09. The van der Waals surface area contributed by atoms with Crippen LogP contribution in [-0.2, 0) is 6.42 Å². The van der Waals surface area contributed by atoms with Crippen molar-refractivity contribution in [2.45, 2.75) is 6.42 Å². The van der Waals surface area contributed by atoms with Gasteiger partial charge in [0.25, 0.3) is 11.6 Å². The van der Waals surface area contributed by atoms with Crippen LogP contribution in [0.4, 0.5) is 5.69 Å². The Bertz CT molecular complexity index is 701. The van der Waals surface area contributed by atoms with Gasteiger partial charge in [-0.05, 0) is 17.9 Å². The molecule has 1 N–H and O–H groups in total. The average Bonchev–Trinajstić information content (AvgIpc) is 2.96. The van der Waals surface area contributed by atoms with E-state index in [1.807, 2.05) is 0 Å². The summed E-state index contributed by atoms with van der Waals surface area (Å²) in [7, 11) is 0. The molecule has 0 radical (unpaired) electrons. The van der Waals surface area contributed by atoms with E-state index in [-0.39, 0.29) is 11.6 Å². The number of nitrogens with one attached hydrogen (secondary N) is 1. The molecule has 7 heteroatoms. The Kier molecular flexibility index (Phi) is 4.64. The molecule has 0 unspecified atom stereocenters. The second-order valence-electron chi connectivity index (χ2n) is 4.11. The number of amides is 1. The molecule has 0 fully saturated rings. The molecule has 1 amide bonds. The van der Waals surface area contributed by atoms with Gasteiger partial charge in [0.15, 0.2) is 5.01 Å². The number of nitro groups is 1. The lowest BCUT2D eigenvalue weighted by molar-refractivity contribution is -0.384. The zero-order valence-corrected chi connectivity index (χ0v) is 11.7. The van der Waals surface area contributed by atoms with Gasteiger partial charge in [-0.15, -0.1) is 17.8 Å².